The van der Waals surface area contributed by atoms with E-state index in [0.29, 0.717) is 13.1 Å². The fourth-order valence-corrected chi connectivity index (χ4v) is 3.06. The van der Waals surface area contributed by atoms with Gasteiger partial charge in [-0.2, -0.15) is 0 Å². The van der Waals surface area contributed by atoms with Crippen LogP contribution in [0.25, 0.3) is 4.96 Å². The van der Waals surface area contributed by atoms with Gasteiger partial charge in [-0.15, -0.1) is 11.3 Å². The molecule has 0 radical (unpaired) electrons. The lowest BCUT2D eigenvalue weighted by Crippen LogP contribution is -2.44. The molecule has 2 aromatic heterocycles. The Bertz CT molecular complexity index is 621. The molecule has 2 rings (SSSR count). The second-order valence-electron chi connectivity index (χ2n) is 6.04. The normalized spacial score (nSPS) is 12.1. The highest BCUT2D eigenvalue weighted by molar-refractivity contribution is 7.15. The average Bonchev–Trinajstić information content (AvgIpc) is 2.78. The minimum atomic E-state index is -0.192. The Morgan fingerprint density at radius 1 is 1.40 bits per heavy atom. The zero-order chi connectivity index (χ0) is 14.9. The Labute approximate surface area is 123 Å². The molecule has 0 spiro atoms. The summed E-state index contributed by atoms with van der Waals surface area (Å²) in [5.41, 5.74) is 3.13. The Morgan fingerprint density at radius 3 is 2.75 bits per heavy atom. The van der Waals surface area contributed by atoms with Gasteiger partial charge in [0.2, 0.25) is 5.91 Å². The molecule has 0 aliphatic rings. The van der Waals surface area contributed by atoms with Gasteiger partial charge >= 0.3 is 0 Å². The van der Waals surface area contributed by atoms with Crippen molar-refractivity contribution in [3.05, 3.63) is 22.5 Å². The third kappa shape index (κ3) is 3.37. The summed E-state index contributed by atoms with van der Waals surface area (Å²) in [6.45, 7) is 11.0. The van der Waals surface area contributed by atoms with Crippen molar-refractivity contribution in [1.29, 1.82) is 0 Å². The van der Waals surface area contributed by atoms with Crippen LogP contribution in [0, 0.1) is 13.8 Å². The monoisotopic (exact) mass is 294 g/mol. The van der Waals surface area contributed by atoms with E-state index in [-0.39, 0.29) is 11.4 Å². The predicted molar refractivity (Wildman–Crippen MR) is 82.1 cm³/mol. The van der Waals surface area contributed by atoms with E-state index in [9.17, 15) is 4.79 Å². The molecule has 0 aromatic carbocycles. The summed E-state index contributed by atoms with van der Waals surface area (Å²) in [4.78, 5) is 17.3. The predicted octanol–water partition coefficient (Wildman–Crippen LogP) is 2.02. The Morgan fingerprint density at radius 2 is 2.10 bits per heavy atom. The molecule has 2 aromatic rings. The Kier molecular flexibility index (Phi) is 4.15. The zero-order valence-corrected chi connectivity index (χ0v) is 13.5. The maximum absolute atomic E-state index is 11.8. The van der Waals surface area contributed by atoms with Crippen molar-refractivity contribution in [2.75, 3.05) is 6.54 Å². The maximum atomic E-state index is 11.8. The quantitative estimate of drug-likeness (QED) is 0.907. The standard InChI is InChI=1S/C14H22N4OS/c1-9-8-20-13-16-10(2)11(18(9)13)6-15-7-12(19)17-14(3,4)5/h8,15H,6-7H2,1-5H3,(H,17,19). The smallest absolute Gasteiger partial charge is 0.234 e. The van der Waals surface area contributed by atoms with Crippen LogP contribution in [0.5, 0.6) is 0 Å². The largest absolute Gasteiger partial charge is 0.350 e. The molecule has 0 atom stereocenters. The van der Waals surface area contributed by atoms with Crippen molar-refractivity contribution in [3.63, 3.8) is 0 Å². The summed E-state index contributed by atoms with van der Waals surface area (Å²) >= 11 is 1.64. The Hall–Kier alpha value is -1.40. The molecule has 0 saturated heterocycles. The molecule has 5 nitrogen and oxygen atoms in total. The fourth-order valence-electron chi connectivity index (χ4n) is 2.13. The number of carbonyl (C=O) groups excluding carboxylic acids is 1. The summed E-state index contributed by atoms with van der Waals surface area (Å²) < 4.78 is 2.15. The number of rotatable bonds is 4. The van der Waals surface area contributed by atoms with Crippen LogP contribution in [-0.2, 0) is 11.3 Å². The fraction of sp³-hybridized carbons (Fsp3) is 0.571. The molecular formula is C14H22N4OS. The number of thiazole rings is 1. The van der Waals surface area contributed by atoms with Crippen LogP contribution in [0.4, 0.5) is 0 Å². The van der Waals surface area contributed by atoms with E-state index >= 15 is 0 Å². The van der Waals surface area contributed by atoms with Gasteiger partial charge in [0, 0.05) is 23.2 Å². The lowest BCUT2D eigenvalue weighted by atomic mass is 10.1. The Balaban J connectivity index is 1.98. The number of amides is 1. The molecule has 0 fully saturated rings. The highest BCUT2D eigenvalue weighted by Crippen LogP contribution is 2.20. The molecule has 20 heavy (non-hydrogen) atoms. The van der Waals surface area contributed by atoms with Crippen LogP contribution < -0.4 is 10.6 Å². The van der Waals surface area contributed by atoms with Crippen molar-refractivity contribution in [3.8, 4) is 0 Å². The highest BCUT2D eigenvalue weighted by atomic mass is 32.1. The maximum Gasteiger partial charge on any atom is 0.234 e. The molecule has 2 heterocycles. The van der Waals surface area contributed by atoms with E-state index in [4.69, 9.17) is 0 Å². The number of imidazole rings is 1. The number of aryl methyl sites for hydroxylation is 2. The molecule has 2 N–H and O–H groups in total. The van der Waals surface area contributed by atoms with Crippen LogP contribution in [-0.4, -0.2) is 27.4 Å². The van der Waals surface area contributed by atoms with Crippen molar-refractivity contribution in [1.82, 2.24) is 20.0 Å². The van der Waals surface area contributed by atoms with E-state index in [0.717, 1.165) is 16.3 Å². The van der Waals surface area contributed by atoms with E-state index in [1.54, 1.807) is 11.3 Å². The first kappa shape index (κ1) is 15.0. The molecule has 0 aliphatic carbocycles. The van der Waals surface area contributed by atoms with Gasteiger partial charge in [-0.3, -0.25) is 9.20 Å². The molecule has 1 amide bonds. The van der Waals surface area contributed by atoms with Crippen molar-refractivity contribution < 1.29 is 4.79 Å². The topological polar surface area (TPSA) is 58.4 Å². The number of nitrogens with one attached hydrogen (secondary N) is 2. The molecule has 110 valence electrons. The molecule has 0 saturated carbocycles. The second-order valence-corrected chi connectivity index (χ2v) is 6.88. The van der Waals surface area contributed by atoms with Gasteiger partial charge < -0.3 is 10.6 Å². The summed E-state index contributed by atoms with van der Waals surface area (Å²) in [7, 11) is 0. The van der Waals surface area contributed by atoms with E-state index in [2.05, 4.69) is 32.3 Å². The molecular weight excluding hydrogens is 272 g/mol. The van der Waals surface area contributed by atoms with Crippen LogP contribution >= 0.6 is 11.3 Å². The summed E-state index contributed by atoms with van der Waals surface area (Å²) in [6.07, 6.45) is 0. The highest BCUT2D eigenvalue weighted by Gasteiger charge is 2.15. The van der Waals surface area contributed by atoms with Crippen molar-refractivity contribution in [2.24, 2.45) is 0 Å². The minimum absolute atomic E-state index is 0.0120. The lowest BCUT2D eigenvalue weighted by molar-refractivity contribution is -0.121. The van der Waals surface area contributed by atoms with Gasteiger partial charge in [0.25, 0.3) is 0 Å². The first-order chi connectivity index (χ1) is 9.28. The van der Waals surface area contributed by atoms with Crippen molar-refractivity contribution >= 4 is 22.2 Å². The van der Waals surface area contributed by atoms with E-state index in [1.165, 1.54) is 5.69 Å². The minimum Gasteiger partial charge on any atom is -0.350 e. The van der Waals surface area contributed by atoms with Gasteiger partial charge in [-0.1, -0.05) is 0 Å². The average molecular weight is 294 g/mol. The first-order valence-electron chi connectivity index (χ1n) is 6.71. The third-order valence-electron chi connectivity index (χ3n) is 2.92. The van der Waals surface area contributed by atoms with Gasteiger partial charge in [-0.25, -0.2) is 4.98 Å². The van der Waals surface area contributed by atoms with Gasteiger partial charge in [0.15, 0.2) is 4.96 Å². The van der Waals surface area contributed by atoms with Gasteiger partial charge in [-0.05, 0) is 34.6 Å². The summed E-state index contributed by atoms with van der Waals surface area (Å²) in [6, 6.07) is 0. The van der Waals surface area contributed by atoms with Crippen LogP contribution in [0.15, 0.2) is 5.38 Å². The lowest BCUT2D eigenvalue weighted by Gasteiger charge is -2.20. The number of nitrogens with zero attached hydrogens (tertiary/aromatic N) is 2. The number of fused-ring (bicyclic) bond motifs is 1. The second kappa shape index (κ2) is 5.54. The van der Waals surface area contributed by atoms with Crippen LogP contribution in [0.1, 0.15) is 37.9 Å². The third-order valence-corrected chi connectivity index (χ3v) is 3.87. The van der Waals surface area contributed by atoms with E-state index in [1.807, 2.05) is 27.7 Å². The molecule has 0 bridgehead atoms. The van der Waals surface area contributed by atoms with Crippen molar-refractivity contribution in [2.45, 2.75) is 46.7 Å². The van der Waals surface area contributed by atoms with Gasteiger partial charge in [0.05, 0.1) is 17.9 Å². The van der Waals surface area contributed by atoms with Crippen LogP contribution in [0.3, 0.4) is 0 Å². The number of carbonyl (C=O) groups is 1. The molecule has 6 heteroatoms. The molecule has 0 aliphatic heterocycles. The van der Waals surface area contributed by atoms with E-state index < -0.39 is 0 Å². The number of hydrogen-bond donors (Lipinski definition) is 2. The number of aromatic nitrogens is 2. The van der Waals surface area contributed by atoms with Gasteiger partial charge in [0.1, 0.15) is 0 Å². The summed E-state index contributed by atoms with van der Waals surface area (Å²) in [5, 5.41) is 8.22. The molecule has 0 unspecified atom stereocenters. The van der Waals surface area contributed by atoms with Crippen LogP contribution in [0.2, 0.25) is 0 Å². The first-order valence-corrected chi connectivity index (χ1v) is 7.59. The summed E-state index contributed by atoms with van der Waals surface area (Å²) in [5.74, 6) is 0.0120. The number of hydrogen-bond acceptors (Lipinski definition) is 4. The SMILES string of the molecule is Cc1nc2scc(C)n2c1CNCC(=O)NC(C)(C)C. The zero-order valence-electron chi connectivity index (χ0n) is 12.7.